The summed E-state index contributed by atoms with van der Waals surface area (Å²) in [7, 11) is 1.56. The second-order valence-corrected chi connectivity index (χ2v) is 8.54. The standard InChI is InChI=1S/C25H26ClN3O6/c1-33-21-14-24(29(15-21)22(30)11-4-17-2-5-18(26)6-3-17)35-25(32)27-19-7-9-20(10-8-19)28-12-13-34-16-23(28)31/h2-11,21,24H,12-16H2,1H3,(H,27,32)/t21-,24-/m1/s1. The Morgan fingerprint density at radius 2 is 1.89 bits per heavy atom. The average molecular weight is 500 g/mol. The number of carbonyl (C=O) groups excluding carboxylic acids is 3. The van der Waals surface area contributed by atoms with E-state index in [-0.39, 0.29) is 24.5 Å². The zero-order valence-electron chi connectivity index (χ0n) is 19.2. The largest absolute Gasteiger partial charge is 0.425 e. The van der Waals surface area contributed by atoms with Gasteiger partial charge in [0.25, 0.3) is 5.91 Å². The van der Waals surface area contributed by atoms with Crippen LogP contribution < -0.4 is 10.2 Å². The van der Waals surface area contributed by atoms with Crippen LogP contribution >= 0.6 is 11.6 Å². The van der Waals surface area contributed by atoms with Crippen molar-refractivity contribution in [3.05, 3.63) is 65.2 Å². The molecule has 2 fully saturated rings. The van der Waals surface area contributed by atoms with Crippen LogP contribution in [-0.2, 0) is 23.8 Å². The highest BCUT2D eigenvalue weighted by molar-refractivity contribution is 6.30. The molecule has 1 N–H and O–H groups in total. The number of amides is 3. The summed E-state index contributed by atoms with van der Waals surface area (Å²) >= 11 is 5.90. The zero-order chi connectivity index (χ0) is 24.8. The number of ether oxygens (including phenoxy) is 3. The number of methoxy groups -OCH3 is 1. The molecule has 0 radical (unpaired) electrons. The highest BCUT2D eigenvalue weighted by Crippen LogP contribution is 2.24. The lowest BCUT2D eigenvalue weighted by atomic mass is 10.2. The molecule has 2 aliphatic heterocycles. The number of hydrogen-bond donors (Lipinski definition) is 1. The van der Waals surface area contributed by atoms with E-state index in [1.54, 1.807) is 66.6 Å². The van der Waals surface area contributed by atoms with Crippen LogP contribution in [0.5, 0.6) is 0 Å². The molecule has 0 aliphatic carbocycles. The molecule has 0 saturated carbocycles. The van der Waals surface area contributed by atoms with Crippen LogP contribution in [0.3, 0.4) is 0 Å². The smallest absolute Gasteiger partial charge is 0.413 e. The molecular weight excluding hydrogens is 474 g/mol. The molecule has 184 valence electrons. The Morgan fingerprint density at radius 3 is 2.57 bits per heavy atom. The summed E-state index contributed by atoms with van der Waals surface area (Å²) in [5.74, 6) is -0.406. The summed E-state index contributed by atoms with van der Waals surface area (Å²) in [4.78, 5) is 40.5. The van der Waals surface area contributed by atoms with Gasteiger partial charge in [0, 0.05) is 42.5 Å². The molecule has 35 heavy (non-hydrogen) atoms. The average Bonchev–Trinajstić information content (AvgIpc) is 3.27. The first kappa shape index (κ1) is 24.7. The quantitative estimate of drug-likeness (QED) is 0.611. The summed E-state index contributed by atoms with van der Waals surface area (Å²) in [5.41, 5.74) is 2.05. The van der Waals surface area contributed by atoms with Crippen LogP contribution in [0.2, 0.25) is 5.02 Å². The topological polar surface area (TPSA) is 97.4 Å². The van der Waals surface area contributed by atoms with E-state index in [0.29, 0.717) is 36.8 Å². The maximum Gasteiger partial charge on any atom is 0.413 e. The van der Waals surface area contributed by atoms with Crippen molar-refractivity contribution in [1.82, 2.24) is 4.90 Å². The Morgan fingerprint density at radius 1 is 1.14 bits per heavy atom. The Bertz CT molecular complexity index is 1090. The third-order valence-corrected chi connectivity index (χ3v) is 6.02. The lowest BCUT2D eigenvalue weighted by Gasteiger charge is -2.27. The molecule has 2 aliphatic rings. The first-order valence-electron chi connectivity index (χ1n) is 11.2. The van der Waals surface area contributed by atoms with E-state index in [4.69, 9.17) is 25.8 Å². The van der Waals surface area contributed by atoms with E-state index in [0.717, 1.165) is 11.3 Å². The molecular formula is C25H26ClN3O6. The molecule has 2 aromatic rings. The number of halogens is 1. The number of benzene rings is 2. The molecule has 2 aromatic carbocycles. The van der Waals surface area contributed by atoms with Gasteiger partial charge in [-0.3, -0.25) is 14.9 Å². The lowest BCUT2D eigenvalue weighted by molar-refractivity contribution is -0.132. The second kappa shape index (κ2) is 11.4. The third kappa shape index (κ3) is 6.39. The molecule has 0 spiro atoms. The maximum atomic E-state index is 12.8. The fourth-order valence-corrected chi connectivity index (χ4v) is 4.03. The molecule has 10 heteroatoms. The van der Waals surface area contributed by atoms with Crippen LogP contribution in [0.15, 0.2) is 54.6 Å². The summed E-state index contributed by atoms with van der Waals surface area (Å²) in [6.07, 6.45) is 1.76. The number of likely N-dealkylation sites (tertiary alicyclic amines) is 1. The number of hydrogen-bond acceptors (Lipinski definition) is 6. The monoisotopic (exact) mass is 499 g/mol. The van der Waals surface area contributed by atoms with Gasteiger partial charge in [0.2, 0.25) is 5.91 Å². The van der Waals surface area contributed by atoms with Crippen LogP contribution in [0.1, 0.15) is 12.0 Å². The Hall–Kier alpha value is -3.40. The van der Waals surface area contributed by atoms with Crippen LogP contribution in [-0.4, -0.2) is 68.6 Å². The number of anilines is 2. The van der Waals surface area contributed by atoms with Gasteiger partial charge < -0.3 is 24.0 Å². The van der Waals surface area contributed by atoms with Gasteiger partial charge in [0.05, 0.1) is 19.3 Å². The minimum Gasteiger partial charge on any atom is -0.425 e. The van der Waals surface area contributed by atoms with E-state index in [1.165, 1.54) is 11.0 Å². The molecule has 9 nitrogen and oxygen atoms in total. The second-order valence-electron chi connectivity index (χ2n) is 8.10. The zero-order valence-corrected chi connectivity index (χ0v) is 19.9. The van der Waals surface area contributed by atoms with Crippen molar-refractivity contribution in [3.8, 4) is 0 Å². The summed E-state index contributed by atoms with van der Waals surface area (Å²) in [6.45, 7) is 1.32. The van der Waals surface area contributed by atoms with Crippen molar-refractivity contribution in [1.29, 1.82) is 0 Å². The summed E-state index contributed by atoms with van der Waals surface area (Å²) < 4.78 is 16.1. The Labute approximate surface area is 208 Å². The molecule has 2 saturated heterocycles. The van der Waals surface area contributed by atoms with E-state index in [1.807, 2.05) is 0 Å². The predicted octanol–water partition coefficient (Wildman–Crippen LogP) is 3.54. The number of rotatable bonds is 6. The highest BCUT2D eigenvalue weighted by Gasteiger charge is 2.37. The number of carbonyl (C=O) groups is 3. The highest BCUT2D eigenvalue weighted by atomic mass is 35.5. The molecule has 0 bridgehead atoms. The van der Waals surface area contributed by atoms with Crippen molar-refractivity contribution >= 4 is 47.0 Å². The molecule has 0 aromatic heterocycles. The van der Waals surface area contributed by atoms with E-state index < -0.39 is 12.3 Å². The van der Waals surface area contributed by atoms with Gasteiger partial charge in [-0.05, 0) is 48.0 Å². The molecule has 0 unspecified atom stereocenters. The fourth-order valence-electron chi connectivity index (χ4n) is 3.90. The molecule has 2 heterocycles. The first-order valence-corrected chi connectivity index (χ1v) is 11.5. The Kier molecular flexibility index (Phi) is 8.02. The van der Waals surface area contributed by atoms with Gasteiger partial charge in [0.15, 0.2) is 6.23 Å². The normalized spacial score (nSPS) is 20.3. The van der Waals surface area contributed by atoms with Crippen molar-refractivity contribution in [2.75, 3.05) is 43.6 Å². The lowest BCUT2D eigenvalue weighted by Crippen LogP contribution is -2.41. The van der Waals surface area contributed by atoms with Gasteiger partial charge >= 0.3 is 6.09 Å². The summed E-state index contributed by atoms with van der Waals surface area (Å²) in [5, 5.41) is 3.28. The van der Waals surface area contributed by atoms with Gasteiger partial charge in [-0.2, -0.15) is 0 Å². The third-order valence-electron chi connectivity index (χ3n) is 5.77. The SMILES string of the molecule is CO[C@@H]1C[C@@H](OC(=O)Nc2ccc(N3CCOCC3=O)cc2)N(C(=O)C=Cc2ccc(Cl)cc2)C1. The minimum absolute atomic E-state index is 0.0558. The van der Waals surface area contributed by atoms with Gasteiger partial charge in [-0.1, -0.05) is 23.7 Å². The van der Waals surface area contributed by atoms with E-state index >= 15 is 0 Å². The molecule has 2 atom stereocenters. The number of morpholine rings is 1. The van der Waals surface area contributed by atoms with Crippen molar-refractivity contribution in [3.63, 3.8) is 0 Å². The van der Waals surface area contributed by atoms with Gasteiger partial charge in [-0.15, -0.1) is 0 Å². The van der Waals surface area contributed by atoms with Crippen LogP contribution in [0, 0.1) is 0 Å². The van der Waals surface area contributed by atoms with Crippen molar-refractivity contribution < 1.29 is 28.6 Å². The Balaban J connectivity index is 1.36. The van der Waals surface area contributed by atoms with Gasteiger partial charge in [0.1, 0.15) is 6.61 Å². The van der Waals surface area contributed by atoms with Crippen LogP contribution in [0.4, 0.5) is 16.2 Å². The predicted molar refractivity (Wildman–Crippen MR) is 131 cm³/mol. The molecule has 4 rings (SSSR count). The fraction of sp³-hybridized carbons (Fsp3) is 0.320. The van der Waals surface area contributed by atoms with E-state index in [2.05, 4.69) is 5.32 Å². The first-order chi connectivity index (χ1) is 16.9. The van der Waals surface area contributed by atoms with Crippen molar-refractivity contribution in [2.24, 2.45) is 0 Å². The number of nitrogens with one attached hydrogen (secondary N) is 1. The van der Waals surface area contributed by atoms with Crippen molar-refractivity contribution in [2.45, 2.75) is 18.8 Å². The molecule has 3 amide bonds. The van der Waals surface area contributed by atoms with Crippen LogP contribution in [0.25, 0.3) is 6.08 Å². The minimum atomic E-state index is -0.771. The maximum absolute atomic E-state index is 12.8. The number of nitrogens with zero attached hydrogens (tertiary/aromatic N) is 2. The summed E-state index contributed by atoms with van der Waals surface area (Å²) in [6, 6.07) is 13.9. The van der Waals surface area contributed by atoms with E-state index in [9.17, 15) is 14.4 Å². The van der Waals surface area contributed by atoms with Gasteiger partial charge in [-0.25, -0.2) is 4.79 Å².